The molecule has 82 valence electrons. The van der Waals surface area contributed by atoms with Crippen molar-refractivity contribution in [3.05, 3.63) is 42.5 Å². The minimum absolute atomic E-state index is 0.451. The average molecular weight is 458 g/mol. The Labute approximate surface area is 124 Å². The first-order valence-corrected chi connectivity index (χ1v) is 6.80. The number of carbonyl (C=O) groups excluding carboxylic acids is 1. The van der Waals surface area contributed by atoms with Gasteiger partial charge in [0.1, 0.15) is 13.7 Å². The standard InChI is InChI=1S/C10H5ClI2N2O/c11-8-3-7(2-1-6(8)4-16)15-5-14-9(12)10(15)13/h1-5H. The van der Waals surface area contributed by atoms with Crippen LogP contribution in [0.2, 0.25) is 5.02 Å². The molecule has 0 fully saturated rings. The smallest absolute Gasteiger partial charge is 0.151 e. The van der Waals surface area contributed by atoms with Gasteiger partial charge in [-0.1, -0.05) is 11.6 Å². The lowest BCUT2D eigenvalue weighted by molar-refractivity contribution is 0.112. The van der Waals surface area contributed by atoms with Crippen LogP contribution in [0.15, 0.2) is 24.5 Å². The second-order valence-corrected chi connectivity index (χ2v) is 5.47. The van der Waals surface area contributed by atoms with E-state index in [9.17, 15) is 4.79 Å². The zero-order valence-electron chi connectivity index (χ0n) is 7.82. The van der Waals surface area contributed by atoms with E-state index in [1.807, 2.05) is 10.6 Å². The Morgan fingerprint density at radius 1 is 1.38 bits per heavy atom. The highest BCUT2D eigenvalue weighted by atomic mass is 127. The summed E-state index contributed by atoms with van der Waals surface area (Å²) in [5.41, 5.74) is 1.39. The van der Waals surface area contributed by atoms with Crippen LogP contribution in [0.25, 0.3) is 5.69 Å². The summed E-state index contributed by atoms with van der Waals surface area (Å²) in [6, 6.07) is 5.30. The summed E-state index contributed by atoms with van der Waals surface area (Å²) in [6.07, 6.45) is 2.48. The number of imidazole rings is 1. The van der Waals surface area contributed by atoms with E-state index in [4.69, 9.17) is 11.6 Å². The van der Waals surface area contributed by atoms with Gasteiger partial charge in [-0.25, -0.2) is 4.98 Å². The third kappa shape index (κ3) is 2.25. The maximum atomic E-state index is 10.6. The first kappa shape index (κ1) is 12.3. The van der Waals surface area contributed by atoms with Crippen molar-refractivity contribution in [2.24, 2.45) is 0 Å². The molecule has 0 saturated heterocycles. The highest BCUT2D eigenvalue weighted by Gasteiger charge is 2.08. The van der Waals surface area contributed by atoms with Crippen LogP contribution in [0, 0.1) is 7.40 Å². The number of rotatable bonds is 2. The Bertz CT molecular complexity index is 554. The fourth-order valence-electron chi connectivity index (χ4n) is 1.25. The van der Waals surface area contributed by atoms with Gasteiger partial charge in [0.15, 0.2) is 6.29 Å². The van der Waals surface area contributed by atoms with E-state index >= 15 is 0 Å². The first-order valence-electron chi connectivity index (χ1n) is 4.27. The van der Waals surface area contributed by atoms with E-state index < -0.39 is 0 Å². The zero-order valence-corrected chi connectivity index (χ0v) is 12.9. The molecule has 1 aromatic carbocycles. The predicted octanol–water partition coefficient (Wildman–Crippen LogP) is 3.55. The van der Waals surface area contributed by atoms with Gasteiger partial charge in [-0.05, 0) is 63.4 Å². The van der Waals surface area contributed by atoms with E-state index in [2.05, 4.69) is 50.2 Å². The molecule has 0 aliphatic heterocycles. The highest BCUT2D eigenvalue weighted by molar-refractivity contribution is 14.1. The molecule has 16 heavy (non-hydrogen) atoms. The summed E-state index contributed by atoms with van der Waals surface area (Å²) in [5, 5.41) is 0.451. The lowest BCUT2D eigenvalue weighted by atomic mass is 10.2. The van der Waals surface area contributed by atoms with Gasteiger partial charge in [0, 0.05) is 11.3 Å². The highest BCUT2D eigenvalue weighted by Crippen LogP contribution is 2.22. The molecule has 0 atom stereocenters. The SMILES string of the molecule is O=Cc1ccc(-n2cnc(I)c2I)cc1Cl. The fraction of sp³-hybridized carbons (Fsp3) is 0. The number of hydrogen-bond donors (Lipinski definition) is 0. The summed E-state index contributed by atoms with van der Waals surface area (Å²) in [4.78, 5) is 14.8. The number of aromatic nitrogens is 2. The van der Waals surface area contributed by atoms with Crippen molar-refractivity contribution in [1.82, 2.24) is 9.55 Å². The molecule has 1 aromatic heterocycles. The van der Waals surface area contributed by atoms with Gasteiger partial charge in [-0.2, -0.15) is 0 Å². The molecule has 0 N–H and O–H groups in total. The summed E-state index contributed by atoms with van der Waals surface area (Å²) in [6.45, 7) is 0. The summed E-state index contributed by atoms with van der Waals surface area (Å²) < 4.78 is 3.88. The molecule has 3 nitrogen and oxygen atoms in total. The number of carbonyl (C=O) groups is 1. The average Bonchev–Trinajstić information content (AvgIpc) is 2.60. The minimum atomic E-state index is 0.451. The number of benzene rings is 1. The van der Waals surface area contributed by atoms with Crippen molar-refractivity contribution in [1.29, 1.82) is 0 Å². The van der Waals surface area contributed by atoms with Crippen LogP contribution >= 0.6 is 56.8 Å². The van der Waals surface area contributed by atoms with E-state index in [1.165, 1.54) is 0 Å². The normalized spacial score (nSPS) is 10.4. The molecule has 0 radical (unpaired) electrons. The number of hydrogen-bond acceptors (Lipinski definition) is 2. The second kappa shape index (κ2) is 5.01. The van der Waals surface area contributed by atoms with Crippen LogP contribution in [-0.4, -0.2) is 15.8 Å². The second-order valence-electron chi connectivity index (χ2n) is 3.02. The molecule has 0 aliphatic rings. The Balaban J connectivity index is 2.53. The van der Waals surface area contributed by atoms with Gasteiger partial charge in [-0.15, -0.1) is 0 Å². The molecule has 0 amide bonds. The third-order valence-electron chi connectivity index (χ3n) is 2.06. The number of halogens is 3. The van der Waals surface area contributed by atoms with Crippen LogP contribution in [0.5, 0.6) is 0 Å². The van der Waals surface area contributed by atoms with Crippen LogP contribution in [0.4, 0.5) is 0 Å². The molecule has 1 heterocycles. The largest absolute Gasteiger partial charge is 0.298 e. The van der Waals surface area contributed by atoms with E-state index in [0.29, 0.717) is 10.6 Å². The third-order valence-corrected chi connectivity index (χ3v) is 5.24. The topological polar surface area (TPSA) is 34.9 Å². The lowest BCUT2D eigenvalue weighted by Gasteiger charge is -2.05. The number of aldehydes is 1. The van der Waals surface area contributed by atoms with Gasteiger partial charge in [-0.3, -0.25) is 9.36 Å². The molecule has 2 rings (SSSR count). The van der Waals surface area contributed by atoms with Gasteiger partial charge in [0.25, 0.3) is 0 Å². The van der Waals surface area contributed by atoms with Crippen molar-refractivity contribution in [2.75, 3.05) is 0 Å². The Kier molecular flexibility index (Phi) is 3.85. The van der Waals surface area contributed by atoms with Gasteiger partial charge in [0.05, 0.1) is 5.02 Å². The van der Waals surface area contributed by atoms with Crippen LogP contribution in [0.3, 0.4) is 0 Å². The first-order chi connectivity index (χ1) is 7.63. The Hall–Kier alpha value is -0.150. The van der Waals surface area contributed by atoms with E-state index in [-0.39, 0.29) is 0 Å². The fourth-order valence-corrected chi connectivity index (χ4v) is 2.40. The maximum Gasteiger partial charge on any atom is 0.151 e. The molecule has 0 bridgehead atoms. The predicted molar refractivity (Wildman–Crippen MR) is 79.4 cm³/mol. The molecule has 6 heteroatoms. The number of nitrogens with zero attached hydrogens (tertiary/aromatic N) is 2. The molecule has 0 aliphatic carbocycles. The molecular formula is C10H5ClI2N2O. The molecule has 0 spiro atoms. The zero-order chi connectivity index (χ0) is 11.7. The summed E-state index contributed by atoms with van der Waals surface area (Å²) in [5.74, 6) is 0. The Morgan fingerprint density at radius 2 is 2.12 bits per heavy atom. The Morgan fingerprint density at radius 3 is 2.62 bits per heavy atom. The van der Waals surface area contributed by atoms with Crippen molar-refractivity contribution >= 4 is 63.1 Å². The van der Waals surface area contributed by atoms with Crippen molar-refractivity contribution in [2.45, 2.75) is 0 Å². The monoisotopic (exact) mass is 458 g/mol. The summed E-state index contributed by atoms with van der Waals surface area (Å²) in [7, 11) is 0. The van der Waals surface area contributed by atoms with Crippen molar-refractivity contribution < 1.29 is 4.79 Å². The minimum Gasteiger partial charge on any atom is -0.298 e. The van der Waals surface area contributed by atoms with Crippen molar-refractivity contribution in [3.63, 3.8) is 0 Å². The van der Waals surface area contributed by atoms with E-state index in [1.54, 1.807) is 18.5 Å². The van der Waals surface area contributed by atoms with Gasteiger partial charge < -0.3 is 0 Å². The quantitative estimate of drug-likeness (QED) is 0.510. The molecule has 2 aromatic rings. The summed E-state index contributed by atoms with van der Waals surface area (Å²) >= 11 is 10.3. The van der Waals surface area contributed by atoms with Crippen LogP contribution < -0.4 is 0 Å². The van der Waals surface area contributed by atoms with Crippen LogP contribution in [-0.2, 0) is 0 Å². The van der Waals surface area contributed by atoms with Gasteiger partial charge in [0.2, 0.25) is 0 Å². The van der Waals surface area contributed by atoms with Gasteiger partial charge >= 0.3 is 0 Å². The van der Waals surface area contributed by atoms with E-state index in [0.717, 1.165) is 19.4 Å². The van der Waals surface area contributed by atoms with Crippen LogP contribution in [0.1, 0.15) is 10.4 Å². The molecular weight excluding hydrogens is 453 g/mol. The molecule has 0 unspecified atom stereocenters. The lowest BCUT2D eigenvalue weighted by Crippen LogP contribution is -1.96. The van der Waals surface area contributed by atoms with Crippen molar-refractivity contribution in [3.8, 4) is 5.69 Å². The molecule has 0 saturated carbocycles. The maximum absolute atomic E-state index is 10.6.